The summed E-state index contributed by atoms with van der Waals surface area (Å²) in [4.78, 5) is 26.4. The van der Waals surface area contributed by atoms with E-state index in [0.717, 1.165) is 5.56 Å². The fraction of sp³-hybridized carbons (Fsp3) is 0.167. The Morgan fingerprint density at radius 2 is 1.92 bits per heavy atom. The van der Waals surface area contributed by atoms with E-state index in [9.17, 15) is 4.79 Å². The highest BCUT2D eigenvalue weighted by Gasteiger charge is 2.35. The number of rotatable bonds is 4. The van der Waals surface area contributed by atoms with Gasteiger partial charge in [-0.15, -0.1) is 0 Å². The molecule has 0 spiro atoms. The van der Waals surface area contributed by atoms with Crippen LogP contribution in [0.25, 0.3) is 17.7 Å². The molecule has 1 fully saturated rings. The number of aromatic nitrogens is 4. The van der Waals surface area contributed by atoms with Gasteiger partial charge in [0.15, 0.2) is 0 Å². The molecule has 3 aromatic rings. The molecule has 1 aliphatic heterocycles. The van der Waals surface area contributed by atoms with Crippen LogP contribution in [-0.2, 0) is 4.79 Å². The van der Waals surface area contributed by atoms with Crippen LogP contribution in [0, 0.1) is 0 Å². The zero-order chi connectivity index (χ0) is 17.9. The molecule has 0 N–H and O–H groups in total. The van der Waals surface area contributed by atoms with E-state index >= 15 is 0 Å². The first-order valence-corrected chi connectivity index (χ1v) is 8.41. The fourth-order valence-electron chi connectivity index (χ4n) is 2.60. The third-order valence-electron chi connectivity index (χ3n) is 4.06. The quantitative estimate of drug-likeness (QED) is 0.659. The molecular weight excluding hydrogens is 354 g/mol. The fourth-order valence-corrected chi connectivity index (χ4v) is 2.80. The first-order chi connectivity index (χ1) is 12.7. The van der Waals surface area contributed by atoms with Crippen molar-refractivity contribution in [1.29, 1.82) is 0 Å². The molecule has 2 aromatic heterocycles. The van der Waals surface area contributed by atoms with E-state index in [2.05, 4.69) is 20.1 Å². The van der Waals surface area contributed by atoms with Gasteiger partial charge in [-0.25, -0.2) is 9.97 Å². The molecular formula is C18H14ClN5O2. The molecule has 26 heavy (non-hydrogen) atoms. The third kappa shape index (κ3) is 3.34. The van der Waals surface area contributed by atoms with Crippen molar-refractivity contribution in [1.82, 2.24) is 25.0 Å². The zero-order valence-electron chi connectivity index (χ0n) is 13.6. The minimum atomic E-state index is -0.0766. The van der Waals surface area contributed by atoms with E-state index in [4.69, 9.17) is 16.1 Å². The lowest BCUT2D eigenvalue weighted by Crippen LogP contribution is -2.47. The minimum absolute atomic E-state index is 0.0256. The van der Waals surface area contributed by atoms with Gasteiger partial charge in [0.25, 0.3) is 0 Å². The maximum Gasteiger partial charge on any atom is 0.246 e. The minimum Gasteiger partial charge on any atom is -0.338 e. The Balaban J connectivity index is 1.36. The summed E-state index contributed by atoms with van der Waals surface area (Å²) in [5.41, 5.74) is 0.809. The first kappa shape index (κ1) is 16.4. The van der Waals surface area contributed by atoms with Crippen LogP contribution in [0.4, 0.5) is 0 Å². The van der Waals surface area contributed by atoms with Crippen LogP contribution in [-0.4, -0.2) is 44.0 Å². The summed E-state index contributed by atoms with van der Waals surface area (Å²) in [6.45, 7) is 1.06. The summed E-state index contributed by atoms with van der Waals surface area (Å²) < 4.78 is 5.28. The van der Waals surface area contributed by atoms with Gasteiger partial charge >= 0.3 is 0 Å². The Labute approximate surface area is 154 Å². The number of halogens is 1. The molecule has 3 heterocycles. The van der Waals surface area contributed by atoms with Gasteiger partial charge in [0.1, 0.15) is 0 Å². The number of carbonyl (C=O) groups is 1. The Morgan fingerprint density at radius 1 is 1.15 bits per heavy atom. The standard InChI is InChI=1S/C18H14ClN5O2/c19-14-5-2-1-4-12(14)6-7-15(25)24-10-13(11-24)18-22-17(23-26-18)16-20-8-3-9-21-16/h1-9,13H,10-11H2. The number of nitrogens with zero attached hydrogens (tertiary/aromatic N) is 5. The molecule has 8 heteroatoms. The van der Waals surface area contributed by atoms with Crippen molar-refractivity contribution in [3.05, 3.63) is 65.3 Å². The van der Waals surface area contributed by atoms with Gasteiger partial charge in [-0.3, -0.25) is 4.79 Å². The van der Waals surface area contributed by atoms with Crippen LogP contribution in [0.15, 0.2) is 53.3 Å². The highest BCUT2D eigenvalue weighted by Crippen LogP contribution is 2.27. The van der Waals surface area contributed by atoms with Crippen molar-refractivity contribution in [3.63, 3.8) is 0 Å². The molecule has 1 saturated heterocycles. The molecule has 7 nitrogen and oxygen atoms in total. The second kappa shape index (κ2) is 7.05. The second-order valence-electron chi connectivity index (χ2n) is 5.82. The summed E-state index contributed by atoms with van der Waals surface area (Å²) in [7, 11) is 0. The molecule has 1 amide bonds. The Bertz CT molecular complexity index is 951. The number of hydrogen-bond donors (Lipinski definition) is 0. The number of hydrogen-bond acceptors (Lipinski definition) is 6. The van der Waals surface area contributed by atoms with Crippen LogP contribution < -0.4 is 0 Å². The molecule has 0 aliphatic carbocycles. The van der Waals surface area contributed by atoms with E-state index in [1.54, 1.807) is 35.5 Å². The highest BCUT2D eigenvalue weighted by molar-refractivity contribution is 6.32. The average Bonchev–Trinajstić information content (AvgIpc) is 3.10. The lowest BCUT2D eigenvalue weighted by molar-refractivity contribution is -0.130. The van der Waals surface area contributed by atoms with Crippen LogP contribution in [0.2, 0.25) is 5.02 Å². The predicted octanol–water partition coefficient (Wildman–Crippen LogP) is 2.82. The van der Waals surface area contributed by atoms with Crippen molar-refractivity contribution < 1.29 is 9.32 Å². The van der Waals surface area contributed by atoms with Crippen LogP contribution in [0.3, 0.4) is 0 Å². The number of benzene rings is 1. The van der Waals surface area contributed by atoms with E-state index in [0.29, 0.717) is 35.7 Å². The van der Waals surface area contributed by atoms with Crippen molar-refractivity contribution in [2.75, 3.05) is 13.1 Å². The average molecular weight is 368 g/mol. The van der Waals surface area contributed by atoms with Crippen LogP contribution in [0.5, 0.6) is 0 Å². The maximum atomic E-state index is 12.2. The SMILES string of the molecule is O=C(C=Cc1ccccc1Cl)N1CC(c2nc(-c3ncccn3)no2)C1. The Kier molecular flexibility index (Phi) is 4.45. The van der Waals surface area contributed by atoms with E-state index in [1.165, 1.54) is 6.08 Å². The van der Waals surface area contributed by atoms with Gasteiger partial charge in [0, 0.05) is 36.6 Å². The summed E-state index contributed by atoms with van der Waals surface area (Å²) in [5.74, 6) is 1.21. The second-order valence-corrected chi connectivity index (χ2v) is 6.23. The smallest absolute Gasteiger partial charge is 0.246 e. The Morgan fingerprint density at radius 3 is 2.69 bits per heavy atom. The molecule has 1 aliphatic rings. The maximum absolute atomic E-state index is 12.2. The normalized spacial score (nSPS) is 14.6. The summed E-state index contributed by atoms with van der Waals surface area (Å²) >= 11 is 6.08. The Hall–Kier alpha value is -3.06. The van der Waals surface area contributed by atoms with Crippen molar-refractivity contribution >= 4 is 23.6 Å². The van der Waals surface area contributed by atoms with Crippen molar-refractivity contribution in [2.24, 2.45) is 0 Å². The molecule has 0 saturated carbocycles. The largest absolute Gasteiger partial charge is 0.338 e. The van der Waals surface area contributed by atoms with E-state index in [1.807, 2.05) is 18.2 Å². The van der Waals surface area contributed by atoms with Gasteiger partial charge in [-0.1, -0.05) is 35.0 Å². The number of likely N-dealkylation sites (tertiary alicyclic amines) is 1. The summed E-state index contributed by atoms with van der Waals surface area (Å²) in [6, 6.07) is 9.08. The number of carbonyl (C=O) groups excluding carboxylic acids is 1. The van der Waals surface area contributed by atoms with Crippen LogP contribution >= 0.6 is 11.6 Å². The van der Waals surface area contributed by atoms with Crippen molar-refractivity contribution in [2.45, 2.75) is 5.92 Å². The monoisotopic (exact) mass is 367 g/mol. The predicted molar refractivity (Wildman–Crippen MR) is 95.1 cm³/mol. The topological polar surface area (TPSA) is 85.0 Å². The lowest BCUT2D eigenvalue weighted by atomic mass is 10.00. The molecule has 4 rings (SSSR count). The highest BCUT2D eigenvalue weighted by atomic mass is 35.5. The van der Waals surface area contributed by atoms with Crippen LogP contribution in [0.1, 0.15) is 17.4 Å². The zero-order valence-corrected chi connectivity index (χ0v) is 14.4. The van der Waals surface area contributed by atoms with Gasteiger partial charge in [0.2, 0.25) is 23.4 Å². The van der Waals surface area contributed by atoms with E-state index < -0.39 is 0 Å². The first-order valence-electron chi connectivity index (χ1n) is 8.03. The molecule has 130 valence electrons. The molecule has 0 bridgehead atoms. The third-order valence-corrected chi connectivity index (χ3v) is 4.40. The molecule has 0 radical (unpaired) electrons. The van der Waals surface area contributed by atoms with Gasteiger partial charge in [0.05, 0.1) is 5.92 Å². The van der Waals surface area contributed by atoms with E-state index in [-0.39, 0.29) is 11.8 Å². The van der Waals surface area contributed by atoms with Crippen molar-refractivity contribution in [3.8, 4) is 11.6 Å². The van der Waals surface area contributed by atoms with Gasteiger partial charge < -0.3 is 9.42 Å². The lowest BCUT2D eigenvalue weighted by Gasteiger charge is -2.36. The molecule has 1 aromatic carbocycles. The van der Waals surface area contributed by atoms with Gasteiger partial charge in [-0.05, 0) is 23.8 Å². The molecule has 0 atom stereocenters. The summed E-state index contributed by atoms with van der Waals surface area (Å²) in [5, 5.41) is 4.51. The van der Waals surface area contributed by atoms with Gasteiger partial charge in [-0.2, -0.15) is 4.98 Å². The number of amides is 1. The summed E-state index contributed by atoms with van der Waals surface area (Å²) in [6.07, 6.45) is 6.48. The molecule has 0 unspecified atom stereocenters.